The minimum absolute atomic E-state index is 0.00401. The van der Waals surface area contributed by atoms with E-state index >= 15 is 0 Å². The highest BCUT2D eigenvalue weighted by molar-refractivity contribution is 7.71. The molecule has 0 amide bonds. The number of morpholine rings is 1. The number of benzene rings is 1. The second kappa shape index (κ2) is 10.4. The van der Waals surface area contributed by atoms with Crippen molar-refractivity contribution in [1.29, 1.82) is 0 Å². The summed E-state index contributed by atoms with van der Waals surface area (Å²) in [6, 6.07) is 3.24. The van der Waals surface area contributed by atoms with Gasteiger partial charge in [-0.25, -0.2) is 0 Å². The highest BCUT2D eigenvalue weighted by Gasteiger charge is 2.18. The average molecular weight is 451 g/mol. The molecule has 10 nitrogen and oxygen atoms in total. The Bertz CT molecular complexity index is 1030. The second-order valence-corrected chi connectivity index (χ2v) is 7.09. The zero-order valence-corrected chi connectivity index (χ0v) is 18.5. The van der Waals surface area contributed by atoms with Crippen molar-refractivity contribution < 1.29 is 24.1 Å². The molecule has 1 aromatic carbocycles. The minimum Gasteiger partial charge on any atom is -0.494 e. The standard InChI is InChI=1S/C20H26N4O6S/c1-27-15-10-13(11-16(28-2)17(15)29-3)24-19(26)14(18(25)22-20(24)31)12-21-4-5-23-6-8-30-9-7-23/h10-12,26H,4-9H2,1-3H3,(H,22,25,31). The quantitative estimate of drug-likeness (QED) is 0.458. The largest absolute Gasteiger partial charge is 0.494 e. The maximum Gasteiger partial charge on any atom is 0.264 e. The molecule has 2 aromatic rings. The van der Waals surface area contributed by atoms with Gasteiger partial charge in [-0.05, 0) is 12.2 Å². The molecule has 11 heteroatoms. The Labute approximate surface area is 184 Å². The van der Waals surface area contributed by atoms with Crippen molar-refractivity contribution >= 4 is 18.4 Å². The number of aromatic nitrogens is 2. The molecule has 2 N–H and O–H groups in total. The van der Waals surface area contributed by atoms with E-state index in [2.05, 4.69) is 14.9 Å². The number of nitrogens with zero attached hydrogens (tertiary/aromatic N) is 3. The number of aliphatic imine (C=N–C) groups is 1. The fourth-order valence-corrected chi connectivity index (χ4v) is 3.56. The second-order valence-electron chi connectivity index (χ2n) is 6.70. The minimum atomic E-state index is -0.527. The van der Waals surface area contributed by atoms with Crippen LogP contribution in [0.25, 0.3) is 5.69 Å². The molecule has 0 radical (unpaired) electrons. The molecule has 1 fully saturated rings. The first-order chi connectivity index (χ1) is 15.0. The van der Waals surface area contributed by atoms with E-state index in [9.17, 15) is 9.90 Å². The van der Waals surface area contributed by atoms with Gasteiger partial charge in [0.15, 0.2) is 16.3 Å². The molecule has 2 heterocycles. The first-order valence-corrected chi connectivity index (χ1v) is 10.1. The maximum absolute atomic E-state index is 12.4. The third kappa shape index (κ3) is 5.06. The Hall–Kier alpha value is -2.89. The van der Waals surface area contributed by atoms with E-state index < -0.39 is 5.56 Å². The topological polar surface area (TPSA) is 111 Å². The lowest BCUT2D eigenvalue weighted by Gasteiger charge is -2.25. The normalized spacial score (nSPS) is 14.7. The van der Waals surface area contributed by atoms with Crippen molar-refractivity contribution in [2.45, 2.75) is 0 Å². The van der Waals surface area contributed by atoms with Crippen LogP contribution in [0.2, 0.25) is 0 Å². The average Bonchev–Trinajstić information content (AvgIpc) is 2.78. The summed E-state index contributed by atoms with van der Waals surface area (Å²) in [5.74, 6) is 0.822. The highest BCUT2D eigenvalue weighted by Crippen LogP contribution is 2.40. The fourth-order valence-electron chi connectivity index (χ4n) is 3.27. The van der Waals surface area contributed by atoms with Gasteiger partial charge >= 0.3 is 0 Å². The van der Waals surface area contributed by atoms with Crippen molar-refractivity contribution in [1.82, 2.24) is 14.5 Å². The van der Waals surface area contributed by atoms with Gasteiger partial charge in [-0.3, -0.25) is 24.2 Å². The van der Waals surface area contributed by atoms with E-state index in [4.69, 9.17) is 31.2 Å². The summed E-state index contributed by atoms with van der Waals surface area (Å²) in [6.07, 6.45) is 1.36. The summed E-state index contributed by atoms with van der Waals surface area (Å²) in [4.78, 5) is 21.5. The molecule has 0 spiro atoms. The first kappa shape index (κ1) is 22.8. The number of nitrogens with one attached hydrogen (secondary N) is 1. The van der Waals surface area contributed by atoms with E-state index in [1.807, 2.05) is 0 Å². The van der Waals surface area contributed by atoms with Gasteiger partial charge in [0.05, 0.1) is 46.8 Å². The summed E-state index contributed by atoms with van der Waals surface area (Å²) in [6.45, 7) is 4.35. The molecule has 1 aliphatic rings. The van der Waals surface area contributed by atoms with E-state index in [0.29, 0.717) is 42.7 Å². The Kier molecular flexibility index (Phi) is 7.66. The van der Waals surface area contributed by atoms with Gasteiger partial charge in [-0.15, -0.1) is 0 Å². The Balaban J connectivity index is 1.94. The van der Waals surface area contributed by atoms with Crippen molar-refractivity contribution in [2.75, 3.05) is 60.7 Å². The SMILES string of the molecule is COc1cc(-n2c(O)c(C=NCCN3CCOCC3)c(=O)[nH]c2=S)cc(OC)c1OC. The number of H-pyrrole nitrogens is 1. The summed E-state index contributed by atoms with van der Waals surface area (Å²) in [5, 5.41) is 10.9. The molecule has 0 aliphatic carbocycles. The van der Waals surface area contributed by atoms with Crippen LogP contribution in [-0.4, -0.2) is 86.5 Å². The number of hydrogen-bond donors (Lipinski definition) is 2. The van der Waals surface area contributed by atoms with Gasteiger partial charge in [0.1, 0.15) is 5.56 Å². The first-order valence-electron chi connectivity index (χ1n) is 9.68. The molecule has 1 saturated heterocycles. The van der Waals surface area contributed by atoms with E-state index in [1.54, 1.807) is 12.1 Å². The molecule has 3 rings (SSSR count). The van der Waals surface area contributed by atoms with E-state index in [-0.39, 0.29) is 16.2 Å². The molecular formula is C20H26N4O6S. The summed E-state index contributed by atoms with van der Waals surface area (Å²) in [5.41, 5.74) is -0.0955. The molecule has 1 aromatic heterocycles. The van der Waals surface area contributed by atoms with Gasteiger partial charge in [0.2, 0.25) is 11.6 Å². The molecule has 0 bridgehead atoms. The van der Waals surface area contributed by atoms with Crippen LogP contribution in [0.3, 0.4) is 0 Å². The Morgan fingerprint density at radius 1 is 1.19 bits per heavy atom. The van der Waals surface area contributed by atoms with Gasteiger partial charge in [-0.2, -0.15) is 0 Å². The zero-order chi connectivity index (χ0) is 22.4. The maximum atomic E-state index is 12.4. The summed E-state index contributed by atoms with van der Waals surface area (Å²) in [7, 11) is 4.47. The van der Waals surface area contributed by atoms with Gasteiger partial charge in [0.25, 0.3) is 5.56 Å². The number of aromatic hydroxyl groups is 1. The fraction of sp³-hybridized carbons (Fsp3) is 0.450. The lowest BCUT2D eigenvalue weighted by molar-refractivity contribution is 0.0395. The van der Waals surface area contributed by atoms with Crippen LogP contribution in [0.4, 0.5) is 0 Å². The Morgan fingerprint density at radius 3 is 2.42 bits per heavy atom. The number of hydrogen-bond acceptors (Lipinski definition) is 9. The van der Waals surface area contributed by atoms with Gasteiger partial charge in [0, 0.05) is 38.0 Å². The summed E-state index contributed by atoms with van der Waals surface area (Å²) >= 11 is 5.28. The molecule has 0 unspecified atom stereocenters. The summed E-state index contributed by atoms with van der Waals surface area (Å²) < 4.78 is 22.7. The highest BCUT2D eigenvalue weighted by atomic mass is 32.1. The predicted molar refractivity (Wildman–Crippen MR) is 118 cm³/mol. The lowest BCUT2D eigenvalue weighted by atomic mass is 10.2. The predicted octanol–water partition coefficient (Wildman–Crippen LogP) is 1.38. The third-order valence-corrected chi connectivity index (χ3v) is 5.18. The van der Waals surface area contributed by atoms with Crippen LogP contribution in [0.5, 0.6) is 23.1 Å². The lowest BCUT2D eigenvalue weighted by Crippen LogP contribution is -2.37. The van der Waals surface area contributed by atoms with Crippen LogP contribution in [0.15, 0.2) is 21.9 Å². The number of ether oxygens (including phenoxy) is 4. The van der Waals surface area contributed by atoms with E-state index in [0.717, 1.165) is 19.6 Å². The molecule has 0 atom stereocenters. The number of methoxy groups -OCH3 is 3. The van der Waals surface area contributed by atoms with Gasteiger partial charge < -0.3 is 24.1 Å². The number of rotatable bonds is 8. The van der Waals surface area contributed by atoms with Crippen LogP contribution in [-0.2, 0) is 4.74 Å². The zero-order valence-electron chi connectivity index (χ0n) is 17.7. The number of aromatic amines is 1. The van der Waals surface area contributed by atoms with Crippen LogP contribution < -0.4 is 19.8 Å². The van der Waals surface area contributed by atoms with Crippen molar-refractivity contribution in [3.05, 3.63) is 32.8 Å². The molecule has 168 valence electrons. The van der Waals surface area contributed by atoms with Crippen LogP contribution >= 0.6 is 12.2 Å². The molecule has 0 saturated carbocycles. The molecular weight excluding hydrogens is 424 g/mol. The van der Waals surface area contributed by atoms with Crippen molar-refractivity contribution in [2.24, 2.45) is 4.99 Å². The molecule has 31 heavy (non-hydrogen) atoms. The van der Waals surface area contributed by atoms with Crippen LogP contribution in [0, 0.1) is 4.77 Å². The van der Waals surface area contributed by atoms with Crippen molar-refractivity contribution in [3.63, 3.8) is 0 Å². The Morgan fingerprint density at radius 2 is 1.84 bits per heavy atom. The van der Waals surface area contributed by atoms with E-state index in [1.165, 1.54) is 32.1 Å². The van der Waals surface area contributed by atoms with Crippen LogP contribution in [0.1, 0.15) is 5.56 Å². The van der Waals surface area contributed by atoms with Gasteiger partial charge in [-0.1, -0.05) is 0 Å². The van der Waals surface area contributed by atoms with Crippen molar-refractivity contribution in [3.8, 4) is 28.8 Å². The monoisotopic (exact) mass is 450 g/mol. The third-order valence-electron chi connectivity index (χ3n) is 4.90. The molecule has 1 aliphatic heterocycles. The smallest absolute Gasteiger partial charge is 0.264 e.